The summed E-state index contributed by atoms with van der Waals surface area (Å²) in [6.45, 7) is 1.77. The van der Waals surface area contributed by atoms with Gasteiger partial charge in [-0.25, -0.2) is 8.42 Å². The summed E-state index contributed by atoms with van der Waals surface area (Å²) >= 11 is 0. The number of sulfone groups is 1. The molecular weight excluding hydrogens is 278 g/mol. The van der Waals surface area contributed by atoms with Crippen molar-refractivity contribution in [3.8, 4) is 0 Å². The van der Waals surface area contributed by atoms with Crippen molar-refractivity contribution < 1.29 is 17.6 Å². The average molecular weight is 299 g/mol. The summed E-state index contributed by atoms with van der Waals surface area (Å²) in [6, 6.07) is 3.10. The lowest BCUT2D eigenvalue weighted by Crippen LogP contribution is -2.49. The zero-order valence-electron chi connectivity index (χ0n) is 12.1. The lowest BCUT2D eigenvalue weighted by Gasteiger charge is -2.36. The van der Waals surface area contributed by atoms with Crippen molar-refractivity contribution in [2.45, 2.75) is 43.9 Å². The minimum Gasteiger partial charge on any atom is -0.456 e. The standard InChI is InChI=1S/C14H21NO4S/c1-10-8-9-12(19-10)14(16)15(2)11-6-4-5-7-13(11)20(3,17)18/h8-9,11,13H,4-7H2,1-3H3/t11-,13+/m1/s1. The number of hydrogen-bond acceptors (Lipinski definition) is 4. The SMILES string of the molecule is Cc1ccc(C(=O)N(C)[C@@H]2CCCC[C@@H]2S(C)(=O)=O)o1. The molecule has 1 aromatic heterocycles. The van der Waals surface area contributed by atoms with E-state index in [0.29, 0.717) is 12.2 Å². The van der Waals surface area contributed by atoms with Gasteiger partial charge in [0, 0.05) is 19.3 Å². The highest BCUT2D eigenvalue weighted by atomic mass is 32.2. The molecule has 6 heteroatoms. The van der Waals surface area contributed by atoms with Crippen LogP contribution >= 0.6 is 0 Å². The van der Waals surface area contributed by atoms with Crippen LogP contribution in [0.1, 0.15) is 42.0 Å². The lowest BCUT2D eigenvalue weighted by molar-refractivity contribution is 0.0667. The van der Waals surface area contributed by atoms with E-state index in [1.54, 1.807) is 26.1 Å². The predicted octanol–water partition coefficient (Wildman–Crippen LogP) is 2.02. The average Bonchev–Trinajstić information content (AvgIpc) is 2.83. The quantitative estimate of drug-likeness (QED) is 0.856. The first-order valence-electron chi connectivity index (χ1n) is 6.83. The number of rotatable bonds is 3. The molecule has 1 heterocycles. The summed E-state index contributed by atoms with van der Waals surface area (Å²) in [6.07, 6.45) is 4.45. The smallest absolute Gasteiger partial charge is 0.289 e. The second kappa shape index (κ2) is 5.60. The van der Waals surface area contributed by atoms with Crippen molar-refractivity contribution >= 4 is 15.7 Å². The second-order valence-corrected chi connectivity index (χ2v) is 7.81. The van der Waals surface area contributed by atoms with E-state index in [-0.39, 0.29) is 17.7 Å². The molecule has 2 atom stereocenters. The first-order valence-corrected chi connectivity index (χ1v) is 8.78. The lowest BCUT2D eigenvalue weighted by atomic mass is 9.93. The van der Waals surface area contributed by atoms with E-state index in [9.17, 15) is 13.2 Å². The molecule has 0 spiro atoms. The molecule has 0 radical (unpaired) electrons. The van der Waals surface area contributed by atoms with Crippen molar-refractivity contribution in [2.75, 3.05) is 13.3 Å². The number of furan rings is 1. The summed E-state index contributed by atoms with van der Waals surface area (Å²) in [7, 11) is -1.49. The van der Waals surface area contributed by atoms with Gasteiger partial charge in [0.1, 0.15) is 5.76 Å². The van der Waals surface area contributed by atoms with Crippen molar-refractivity contribution in [3.05, 3.63) is 23.7 Å². The van der Waals surface area contributed by atoms with Gasteiger partial charge in [-0.15, -0.1) is 0 Å². The van der Waals surface area contributed by atoms with Crippen LogP contribution in [0.2, 0.25) is 0 Å². The fourth-order valence-electron chi connectivity index (χ4n) is 2.89. The van der Waals surface area contributed by atoms with Crippen LogP contribution in [0.25, 0.3) is 0 Å². The zero-order chi connectivity index (χ0) is 14.9. The molecule has 1 saturated carbocycles. The van der Waals surface area contributed by atoms with Gasteiger partial charge in [0.25, 0.3) is 5.91 Å². The molecule has 1 aliphatic carbocycles. The fourth-order valence-corrected chi connectivity index (χ4v) is 4.38. The normalized spacial score (nSPS) is 23.6. The molecular formula is C14H21NO4S. The Labute approximate surface area is 119 Å². The maximum Gasteiger partial charge on any atom is 0.289 e. The highest BCUT2D eigenvalue weighted by Gasteiger charge is 2.37. The van der Waals surface area contributed by atoms with Crippen LogP contribution in [-0.4, -0.2) is 43.8 Å². The van der Waals surface area contributed by atoms with Gasteiger partial charge in [-0.1, -0.05) is 12.8 Å². The number of aryl methyl sites for hydroxylation is 1. The second-order valence-electron chi connectivity index (χ2n) is 5.55. The molecule has 1 aliphatic rings. The van der Waals surface area contributed by atoms with Crippen LogP contribution in [0, 0.1) is 6.92 Å². The van der Waals surface area contributed by atoms with E-state index in [0.717, 1.165) is 19.3 Å². The molecule has 1 fully saturated rings. The number of hydrogen-bond donors (Lipinski definition) is 0. The third-order valence-corrected chi connectivity index (χ3v) is 5.64. The number of nitrogens with zero attached hydrogens (tertiary/aromatic N) is 1. The van der Waals surface area contributed by atoms with Gasteiger partial charge in [0.15, 0.2) is 15.6 Å². The van der Waals surface area contributed by atoms with Gasteiger partial charge in [-0.3, -0.25) is 4.79 Å². The van der Waals surface area contributed by atoms with Gasteiger partial charge >= 0.3 is 0 Å². The summed E-state index contributed by atoms with van der Waals surface area (Å²) in [4.78, 5) is 13.9. The van der Waals surface area contributed by atoms with E-state index >= 15 is 0 Å². The molecule has 0 bridgehead atoms. The third-order valence-electron chi connectivity index (χ3n) is 3.99. The Bertz CT molecular complexity index is 590. The van der Waals surface area contributed by atoms with Crippen molar-refractivity contribution in [3.63, 3.8) is 0 Å². The van der Waals surface area contributed by atoms with Gasteiger partial charge in [0.05, 0.1) is 5.25 Å². The fraction of sp³-hybridized carbons (Fsp3) is 0.643. The Balaban J connectivity index is 2.21. The molecule has 0 aliphatic heterocycles. The van der Waals surface area contributed by atoms with Gasteiger partial charge in [-0.05, 0) is 31.9 Å². The highest BCUT2D eigenvalue weighted by Crippen LogP contribution is 2.28. The first kappa shape index (κ1) is 15.1. The molecule has 112 valence electrons. The molecule has 2 rings (SSSR count). The van der Waals surface area contributed by atoms with Crippen molar-refractivity contribution in [1.29, 1.82) is 0 Å². The Morgan fingerprint density at radius 3 is 2.50 bits per heavy atom. The van der Waals surface area contributed by atoms with Crippen molar-refractivity contribution in [1.82, 2.24) is 4.90 Å². The van der Waals surface area contributed by atoms with Crippen LogP contribution in [0.4, 0.5) is 0 Å². The molecule has 1 amide bonds. The summed E-state index contributed by atoms with van der Waals surface area (Å²) in [5.41, 5.74) is 0. The Hall–Kier alpha value is -1.30. The number of carbonyl (C=O) groups is 1. The van der Waals surface area contributed by atoms with E-state index < -0.39 is 15.1 Å². The monoisotopic (exact) mass is 299 g/mol. The van der Waals surface area contributed by atoms with Crippen molar-refractivity contribution in [2.24, 2.45) is 0 Å². The zero-order valence-corrected chi connectivity index (χ0v) is 12.9. The Morgan fingerprint density at radius 1 is 1.30 bits per heavy atom. The first-order chi connectivity index (χ1) is 9.30. The number of carbonyl (C=O) groups excluding carboxylic acids is 1. The molecule has 5 nitrogen and oxygen atoms in total. The topological polar surface area (TPSA) is 67.6 Å². The largest absolute Gasteiger partial charge is 0.456 e. The van der Waals surface area contributed by atoms with Gasteiger partial charge < -0.3 is 9.32 Å². The molecule has 0 aromatic carbocycles. The third kappa shape index (κ3) is 3.06. The van der Waals surface area contributed by atoms with Crippen LogP contribution in [0.5, 0.6) is 0 Å². The van der Waals surface area contributed by atoms with E-state index in [1.165, 1.54) is 11.2 Å². The maximum absolute atomic E-state index is 12.4. The highest BCUT2D eigenvalue weighted by molar-refractivity contribution is 7.91. The Kier molecular flexibility index (Phi) is 4.22. The summed E-state index contributed by atoms with van der Waals surface area (Å²) in [5, 5.41) is -0.471. The molecule has 20 heavy (non-hydrogen) atoms. The Morgan fingerprint density at radius 2 is 1.95 bits per heavy atom. The van der Waals surface area contributed by atoms with Crippen LogP contribution in [-0.2, 0) is 9.84 Å². The molecule has 0 saturated heterocycles. The van der Waals surface area contributed by atoms with E-state index in [1.807, 2.05) is 0 Å². The van der Waals surface area contributed by atoms with Gasteiger partial charge in [0.2, 0.25) is 0 Å². The maximum atomic E-state index is 12.4. The minimum absolute atomic E-state index is 0.251. The van der Waals surface area contributed by atoms with Crippen LogP contribution in [0.15, 0.2) is 16.5 Å². The minimum atomic E-state index is -3.16. The number of amides is 1. The van der Waals surface area contributed by atoms with E-state index in [2.05, 4.69) is 0 Å². The van der Waals surface area contributed by atoms with Gasteiger partial charge in [-0.2, -0.15) is 0 Å². The summed E-state index contributed by atoms with van der Waals surface area (Å²) in [5.74, 6) is 0.687. The van der Waals surface area contributed by atoms with Crippen LogP contribution in [0.3, 0.4) is 0 Å². The van der Waals surface area contributed by atoms with Crippen LogP contribution < -0.4 is 0 Å². The molecule has 0 N–H and O–H groups in total. The van der Waals surface area contributed by atoms with E-state index in [4.69, 9.17) is 4.42 Å². The predicted molar refractivity (Wildman–Crippen MR) is 76.4 cm³/mol. The molecule has 0 unspecified atom stereocenters. The summed E-state index contributed by atoms with van der Waals surface area (Å²) < 4.78 is 29.1. The molecule has 1 aromatic rings.